The van der Waals surface area contributed by atoms with Crippen molar-refractivity contribution in [3.63, 3.8) is 0 Å². The third kappa shape index (κ3) is 2.29. The molecule has 1 aromatic carbocycles. The van der Waals surface area contributed by atoms with E-state index in [4.69, 9.17) is 4.74 Å². The fraction of sp³-hybridized carbons (Fsp3) is 0.400. The normalized spacial score (nSPS) is 20.6. The van der Waals surface area contributed by atoms with E-state index in [0.29, 0.717) is 6.54 Å². The molecular weight excluding hydrogens is 268 g/mol. The summed E-state index contributed by atoms with van der Waals surface area (Å²) in [4.78, 5) is 0. The monoisotopic (exact) mass is 277 g/mol. The summed E-state index contributed by atoms with van der Waals surface area (Å²) in [6.07, 6.45) is 0.811. The average Bonchev–Trinajstić information content (AvgIpc) is 2.72. The molecule has 1 unspecified atom stereocenters. The Labute approximate surface area is 94.7 Å². The Hall–Kier alpha value is -0.680. The zero-order valence-electron chi connectivity index (χ0n) is 7.90. The van der Waals surface area contributed by atoms with Crippen molar-refractivity contribution < 1.29 is 13.5 Å². The van der Waals surface area contributed by atoms with Gasteiger partial charge in [-0.2, -0.15) is 0 Å². The van der Waals surface area contributed by atoms with E-state index < -0.39 is 11.6 Å². The van der Waals surface area contributed by atoms with Gasteiger partial charge in [-0.15, -0.1) is 0 Å². The highest BCUT2D eigenvalue weighted by Crippen LogP contribution is 2.28. The summed E-state index contributed by atoms with van der Waals surface area (Å²) in [5, 5.41) is 3.10. The molecule has 1 aliphatic heterocycles. The second-order valence-electron chi connectivity index (χ2n) is 3.41. The van der Waals surface area contributed by atoms with E-state index in [1.807, 2.05) is 0 Å². The predicted molar refractivity (Wildman–Crippen MR) is 56.0 cm³/mol. The van der Waals surface area contributed by atoms with Crippen LogP contribution in [0.2, 0.25) is 0 Å². The van der Waals surface area contributed by atoms with Gasteiger partial charge in [0.05, 0.1) is 4.47 Å². The molecule has 0 radical (unpaired) electrons. The van der Waals surface area contributed by atoms with Gasteiger partial charge in [-0.05, 0) is 41.0 Å². The summed E-state index contributed by atoms with van der Waals surface area (Å²) in [7, 11) is 0. The van der Waals surface area contributed by atoms with Gasteiger partial charge in [-0.1, -0.05) is 0 Å². The Morgan fingerprint density at radius 2 is 2.20 bits per heavy atom. The molecule has 1 fully saturated rings. The van der Waals surface area contributed by atoms with E-state index in [1.54, 1.807) is 0 Å². The molecule has 0 aliphatic carbocycles. The zero-order valence-corrected chi connectivity index (χ0v) is 9.48. The Bertz CT molecular complexity index is 367. The van der Waals surface area contributed by atoms with Crippen LogP contribution in [0.25, 0.3) is 0 Å². The van der Waals surface area contributed by atoms with Crippen molar-refractivity contribution in [2.24, 2.45) is 0 Å². The highest BCUT2D eigenvalue weighted by atomic mass is 79.9. The van der Waals surface area contributed by atoms with E-state index in [0.717, 1.165) is 13.0 Å². The van der Waals surface area contributed by atoms with Gasteiger partial charge in [-0.25, -0.2) is 8.78 Å². The number of nitrogens with one attached hydrogen (secondary N) is 1. The van der Waals surface area contributed by atoms with Gasteiger partial charge < -0.3 is 10.1 Å². The number of rotatable bonds is 2. The van der Waals surface area contributed by atoms with Crippen LogP contribution in [0.5, 0.6) is 5.75 Å². The van der Waals surface area contributed by atoms with Gasteiger partial charge >= 0.3 is 0 Å². The molecule has 1 aromatic rings. The lowest BCUT2D eigenvalue weighted by Crippen LogP contribution is -2.20. The van der Waals surface area contributed by atoms with Crippen molar-refractivity contribution in [3.8, 4) is 5.75 Å². The quantitative estimate of drug-likeness (QED) is 0.839. The van der Waals surface area contributed by atoms with Gasteiger partial charge in [-0.3, -0.25) is 0 Å². The van der Waals surface area contributed by atoms with Gasteiger partial charge in [0.15, 0.2) is 11.6 Å². The lowest BCUT2D eigenvalue weighted by atomic mass is 10.3. The van der Waals surface area contributed by atoms with Crippen molar-refractivity contribution in [3.05, 3.63) is 28.2 Å². The first-order valence-corrected chi connectivity index (χ1v) is 5.48. The molecule has 15 heavy (non-hydrogen) atoms. The van der Waals surface area contributed by atoms with E-state index >= 15 is 0 Å². The number of ether oxygens (including phenoxy) is 1. The van der Waals surface area contributed by atoms with Crippen LogP contribution in [-0.2, 0) is 0 Å². The molecule has 0 aromatic heterocycles. The largest absolute Gasteiger partial charge is 0.486 e. The van der Waals surface area contributed by atoms with Crippen molar-refractivity contribution in [1.29, 1.82) is 0 Å². The Balaban J connectivity index is 2.17. The maximum atomic E-state index is 13.5. The third-order valence-corrected chi connectivity index (χ3v) is 3.04. The van der Waals surface area contributed by atoms with Crippen LogP contribution in [0.1, 0.15) is 6.42 Å². The highest BCUT2D eigenvalue weighted by Gasteiger charge is 2.19. The van der Waals surface area contributed by atoms with Crippen LogP contribution in [0, 0.1) is 11.6 Å². The van der Waals surface area contributed by atoms with Gasteiger partial charge in [0.25, 0.3) is 0 Å². The van der Waals surface area contributed by atoms with E-state index in [2.05, 4.69) is 21.2 Å². The molecule has 0 amide bonds. The Kier molecular flexibility index (Phi) is 3.21. The smallest absolute Gasteiger partial charge is 0.182 e. The van der Waals surface area contributed by atoms with E-state index in [1.165, 1.54) is 12.1 Å². The molecular formula is C10H10BrF2NO. The van der Waals surface area contributed by atoms with Crippen molar-refractivity contribution >= 4 is 15.9 Å². The van der Waals surface area contributed by atoms with Crippen molar-refractivity contribution in [2.45, 2.75) is 12.5 Å². The van der Waals surface area contributed by atoms with Crippen LogP contribution in [-0.4, -0.2) is 19.2 Å². The minimum atomic E-state index is -0.679. The topological polar surface area (TPSA) is 21.3 Å². The molecule has 0 bridgehead atoms. The molecule has 2 rings (SSSR count). The molecule has 1 saturated heterocycles. The van der Waals surface area contributed by atoms with Crippen LogP contribution >= 0.6 is 15.9 Å². The van der Waals surface area contributed by atoms with Gasteiger partial charge in [0.1, 0.15) is 11.9 Å². The summed E-state index contributed by atoms with van der Waals surface area (Å²) in [6, 6.07) is 2.50. The fourth-order valence-corrected chi connectivity index (χ4v) is 1.84. The maximum Gasteiger partial charge on any atom is 0.182 e. The second kappa shape index (κ2) is 4.45. The molecule has 1 heterocycles. The van der Waals surface area contributed by atoms with Crippen molar-refractivity contribution in [2.75, 3.05) is 13.1 Å². The minimum absolute atomic E-state index is 0.0307. The SMILES string of the molecule is Fc1ccc(OC2CCNC2)c(F)c1Br. The van der Waals surface area contributed by atoms with E-state index in [9.17, 15) is 8.78 Å². The molecule has 1 N–H and O–H groups in total. The summed E-state index contributed by atoms with van der Waals surface area (Å²) < 4.78 is 31.6. The average molecular weight is 278 g/mol. The Morgan fingerprint density at radius 3 is 2.87 bits per heavy atom. The molecule has 5 heteroatoms. The Morgan fingerprint density at radius 1 is 1.40 bits per heavy atom. The molecule has 2 nitrogen and oxygen atoms in total. The van der Waals surface area contributed by atoms with Crippen LogP contribution < -0.4 is 10.1 Å². The molecule has 0 saturated carbocycles. The third-order valence-electron chi connectivity index (χ3n) is 2.31. The first-order valence-electron chi connectivity index (χ1n) is 4.69. The van der Waals surface area contributed by atoms with Gasteiger partial charge in [0, 0.05) is 6.54 Å². The van der Waals surface area contributed by atoms with Crippen LogP contribution in [0.4, 0.5) is 8.78 Å². The zero-order chi connectivity index (χ0) is 10.8. The van der Waals surface area contributed by atoms with Crippen molar-refractivity contribution in [1.82, 2.24) is 5.32 Å². The first-order chi connectivity index (χ1) is 7.18. The number of hydrogen-bond donors (Lipinski definition) is 1. The summed E-state index contributed by atoms with van der Waals surface area (Å²) in [5.41, 5.74) is 0. The summed E-state index contributed by atoms with van der Waals surface area (Å²) in [6.45, 7) is 1.57. The highest BCUT2D eigenvalue weighted by molar-refractivity contribution is 9.10. The maximum absolute atomic E-state index is 13.5. The second-order valence-corrected chi connectivity index (χ2v) is 4.20. The first kappa shape index (κ1) is 10.8. The fourth-order valence-electron chi connectivity index (χ4n) is 1.51. The standard InChI is InChI=1S/C10H10BrF2NO/c11-9-7(12)1-2-8(10(9)13)15-6-3-4-14-5-6/h1-2,6,14H,3-5H2. The summed E-state index contributed by atoms with van der Waals surface area (Å²) in [5.74, 6) is -1.21. The molecule has 0 spiro atoms. The lowest BCUT2D eigenvalue weighted by molar-refractivity contribution is 0.212. The summed E-state index contributed by atoms with van der Waals surface area (Å²) >= 11 is 2.83. The number of benzene rings is 1. The lowest BCUT2D eigenvalue weighted by Gasteiger charge is -2.13. The number of halogens is 3. The minimum Gasteiger partial charge on any atom is -0.486 e. The molecule has 82 valence electrons. The van der Waals surface area contributed by atoms with E-state index in [-0.39, 0.29) is 16.3 Å². The molecule has 1 atom stereocenters. The van der Waals surface area contributed by atoms with Gasteiger partial charge in [0.2, 0.25) is 0 Å². The molecule has 1 aliphatic rings. The number of hydrogen-bond acceptors (Lipinski definition) is 2. The predicted octanol–water partition coefficient (Wildman–Crippen LogP) is 2.47. The van der Waals surface area contributed by atoms with Crippen LogP contribution in [0.15, 0.2) is 16.6 Å². The van der Waals surface area contributed by atoms with Crippen LogP contribution in [0.3, 0.4) is 0 Å².